The fourth-order valence-corrected chi connectivity index (χ4v) is 2.51. The highest BCUT2D eigenvalue weighted by Crippen LogP contribution is 2.42. The first-order valence-corrected chi connectivity index (χ1v) is 7.36. The van der Waals surface area contributed by atoms with Gasteiger partial charge in [0.1, 0.15) is 11.4 Å². The maximum Gasteiger partial charge on any atom is 0.421 e. The maximum absolute atomic E-state index is 13.3. The summed E-state index contributed by atoms with van der Waals surface area (Å²) in [4.78, 5) is 11.9. The summed E-state index contributed by atoms with van der Waals surface area (Å²) < 4.78 is 46.2. The Hall–Kier alpha value is -2.39. The molecule has 0 amide bonds. The molecule has 0 spiro atoms. The first-order chi connectivity index (χ1) is 11.6. The van der Waals surface area contributed by atoms with Gasteiger partial charge in [-0.15, -0.1) is 0 Å². The van der Waals surface area contributed by atoms with E-state index >= 15 is 0 Å². The van der Waals surface area contributed by atoms with E-state index in [2.05, 4.69) is 15.0 Å². The van der Waals surface area contributed by atoms with Crippen LogP contribution in [0, 0.1) is 0 Å². The van der Waals surface area contributed by atoms with E-state index in [0.717, 1.165) is 6.20 Å². The van der Waals surface area contributed by atoms with E-state index in [4.69, 9.17) is 16.3 Å². The first-order valence-electron chi connectivity index (χ1n) is 6.98. The zero-order valence-electron chi connectivity index (χ0n) is 13.0. The molecule has 0 radical (unpaired) electrons. The number of methoxy groups -OCH3 is 1. The van der Waals surface area contributed by atoms with Crippen molar-refractivity contribution < 1.29 is 23.0 Å². The molecule has 3 heterocycles. The number of nitrogens with zero attached hydrogens (tertiary/aromatic N) is 4. The zero-order valence-corrected chi connectivity index (χ0v) is 13.8. The SMILES string of the molecule is COc1cc2ncc(-c3ccnc(Cl)n3)n2cc1C(C)(O)C(F)(F)F. The Morgan fingerprint density at radius 1 is 1.28 bits per heavy atom. The van der Waals surface area contributed by atoms with E-state index in [1.54, 1.807) is 6.07 Å². The van der Waals surface area contributed by atoms with Crippen LogP contribution < -0.4 is 4.74 Å². The fourth-order valence-electron chi connectivity index (χ4n) is 2.36. The van der Waals surface area contributed by atoms with Crippen LogP contribution in [0.15, 0.2) is 30.7 Å². The third kappa shape index (κ3) is 2.89. The van der Waals surface area contributed by atoms with Gasteiger partial charge in [0.05, 0.1) is 30.3 Å². The van der Waals surface area contributed by atoms with Crippen LogP contribution in [0.3, 0.4) is 0 Å². The average molecular weight is 373 g/mol. The molecule has 0 fully saturated rings. The molecular formula is C15H12ClF3N4O2. The highest BCUT2D eigenvalue weighted by molar-refractivity contribution is 6.28. The molecule has 0 aliphatic heterocycles. The van der Waals surface area contributed by atoms with Gasteiger partial charge in [-0.2, -0.15) is 13.2 Å². The summed E-state index contributed by atoms with van der Waals surface area (Å²) in [6.07, 6.45) is -0.924. The van der Waals surface area contributed by atoms with Gasteiger partial charge in [0, 0.05) is 18.5 Å². The molecule has 0 bridgehead atoms. The van der Waals surface area contributed by atoms with Gasteiger partial charge in [-0.3, -0.25) is 4.40 Å². The number of fused-ring (bicyclic) bond motifs is 1. The van der Waals surface area contributed by atoms with Crippen molar-refractivity contribution >= 4 is 17.2 Å². The number of pyridine rings is 1. The number of imidazole rings is 1. The van der Waals surface area contributed by atoms with E-state index in [0.29, 0.717) is 24.0 Å². The minimum absolute atomic E-state index is 0.0107. The van der Waals surface area contributed by atoms with Gasteiger partial charge in [0.15, 0.2) is 5.60 Å². The lowest BCUT2D eigenvalue weighted by molar-refractivity contribution is -0.259. The third-order valence-corrected chi connectivity index (χ3v) is 3.98. The Kier molecular flexibility index (Phi) is 4.08. The molecule has 0 aliphatic rings. The van der Waals surface area contributed by atoms with Crippen molar-refractivity contribution in [2.45, 2.75) is 18.7 Å². The summed E-state index contributed by atoms with van der Waals surface area (Å²) in [5.74, 6) is -0.132. The van der Waals surface area contributed by atoms with Gasteiger partial charge >= 0.3 is 6.18 Å². The largest absolute Gasteiger partial charge is 0.496 e. The van der Waals surface area contributed by atoms with Crippen LogP contribution in [0.5, 0.6) is 5.75 Å². The lowest BCUT2D eigenvalue weighted by Crippen LogP contribution is -2.39. The van der Waals surface area contributed by atoms with Crippen molar-refractivity contribution in [2.24, 2.45) is 0 Å². The second kappa shape index (κ2) is 5.85. The van der Waals surface area contributed by atoms with Crippen molar-refractivity contribution in [3.05, 3.63) is 41.6 Å². The van der Waals surface area contributed by atoms with Crippen molar-refractivity contribution in [2.75, 3.05) is 7.11 Å². The zero-order chi connectivity index (χ0) is 18.4. The molecule has 1 atom stereocenters. The monoisotopic (exact) mass is 372 g/mol. The number of hydrogen-bond donors (Lipinski definition) is 1. The molecular weight excluding hydrogens is 361 g/mol. The first kappa shape index (κ1) is 17.4. The van der Waals surface area contributed by atoms with E-state index in [9.17, 15) is 18.3 Å². The molecule has 0 aliphatic carbocycles. The number of aliphatic hydroxyl groups is 1. The highest BCUT2D eigenvalue weighted by Gasteiger charge is 2.53. The molecule has 0 saturated carbocycles. The molecule has 3 aromatic heterocycles. The lowest BCUT2D eigenvalue weighted by Gasteiger charge is -2.28. The van der Waals surface area contributed by atoms with E-state index < -0.39 is 17.3 Å². The minimum Gasteiger partial charge on any atom is -0.496 e. The smallest absolute Gasteiger partial charge is 0.421 e. The normalized spacial score (nSPS) is 14.5. The topological polar surface area (TPSA) is 72.5 Å². The van der Waals surface area contributed by atoms with Crippen molar-refractivity contribution in [3.63, 3.8) is 0 Å². The minimum atomic E-state index is -4.90. The summed E-state index contributed by atoms with van der Waals surface area (Å²) in [5.41, 5.74) is -2.48. The molecule has 1 unspecified atom stereocenters. The van der Waals surface area contributed by atoms with Crippen LogP contribution in [-0.4, -0.2) is 37.7 Å². The fraction of sp³-hybridized carbons (Fsp3) is 0.267. The van der Waals surface area contributed by atoms with E-state index in [-0.39, 0.29) is 11.0 Å². The second-order valence-corrected chi connectivity index (χ2v) is 5.75. The van der Waals surface area contributed by atoms with Crippen molar-refractivity contribution in [3.8, 4) is 17.1 Å². The number of ether oxygens (including phenoxy) is 1. The molecule has 3 rings (SSSR count). The van der Waals surface area contributed by atoms with Gasteiger partial charge in [-0.25, -0.2) is 15.0 Å². The Bertz CT molecular complexity index is 940. The molecule has 132 valence electrons. The Labute approximate surface area is 144 Å². The standard InChI is InChI=1S/C15H12ClF3N4O2/c1-14(24,15(17,18)19)8-7-23-10(9-3-4-20-13(16)22-9)6-21-12(23)5-11(8)25-2/h3-7,24H,1-2H3. The Balaban J connectivity index is 2.27. The number of halogens is 4. The van der Waals surface area contributed by atoms with Gasteiger partial charge in [0.2, 0.25) is 5.28 Å². The van der Waals surface area contributed by atoms with Crippen LogP contribution in [0.25, 0.3) is 17.0 Å². The predicted octanol–water partition coefficient (Wildman–Crippen LogP) is 3.22. The van der Waals surface area contributed by atoms with Crippen molar-refractivity contribution in [1.29, 1.82) is 0 Å². The molecule has 1 N–H and O–H groups in total. The second-order valence-electron chi connectivity index (χ2n) is 5.41. The predicted molar refractivity (Wildman–Crippen MR) is 83.4 cm³/mol. The van der Waals surface area contributed by atoms with Gasteiger partial charge in [-0.05, 0) is 24.6 Å². The summed E-state index contributed by atoms with van der Waals surface area (Å²) in [6.45, 7) is 0.662. The number of aromatic nitrogens is 4. The van der Waals surface area contributed by atoms with Crippen LogP contribution in [0.4, 0.5) is 13.2 Å². The Morgan fingerprint density at radius 3 is 2.60 bits per heavy atom. The summed E-state index contributed by atoms with van der Waals surface area (Å²) in [6, 6.07) is 2.85. The van der Waals surface area contributed by atoms with Crippen LogP contribution in [0.1, 0.15) is 12.5 Å². The van der Waals surface area contributed by atoms with E-state index in [1.807, 2.05) is 0 Å². The highest BCUT2D eigenvalue weighted by atomic mass is 35.5. The van der Waals surface area contributed by atoms with Crippen LogP contribution in [0.2, 0.25) is 5.28 Å². The molecule has 10 heteroatoms. The number of rotatable bonds is 3. The molecule has 3 aromatic rings. The summed E-state index contributed by atoms with van der Waals surface area (Å²) >= 11 is 5.76. The summed E-state index contributed by atoms with van der Waals surface area (Å²) in [7, 11) is 1.22. The quantitative estimate of drug-likeness (QED) is 0.715. The maximum atomic E-state index is 13.3. The van der Waals surface area contributed by atoms with Crippen LogP contribution >= 0.6 is 11.6 Å². The Morgan fingerprint density at radius 2 is 2.00 bits per heavy atom. The number of hydrogen-bond acceptors (Lipinski definition) is 5. The average Bonchev–Trinajstić information content (AvgIpc) is 2.95. The van der Waals surface area contributed by atoms with Crippen LogP contribution in [-0.2, 0) is 5.60 Å². The van der Waals surface area contributed by atoms with Gasteiger partial charge < -0.3 is 9.84 Å². The number of alkyl halides is 3. The lowest BCUT2D eigenvalue weighted by atomic mass is 9.96. The molecule has 6 nitrogen and oxygen atoms in total. The van der Waals surface area contributed by atoms with Gasteiger partial charge in [-0.1, -0.05) is 0 Å². The molecule has 25 heavy (non-hydrogen) atoms. The van der Waals surface area contributed by atoms with Crippen molar-refractivity contribution in [1.82, 2.24) is 19.4 Å². The molecule has 0 saturated heterocycles. The van der Waals surface area contributed by atoms with Gasteiger partial charge in [0.25, 0.3) is 0 Å². The molecule has 0 aromatic carbocycles. The van der Waals surface area contributed by atoms with E-state index in [1.165, 1.54) is 30.0 Å². The third-order valence-electron chi connectivity index (χ3n) is 3.79. The summed E-state index contributed by atoms with van der Waals surface area (Å²) in [5, 5.41) is 10.0.